The van der Waals surface area contributed by atoms with E-state index in [9.17, 15) is 0 Å². The second kappa shape index (κ2) is 12.4. The normalized spacial score (nSPS) is 12.0. The van der Waals surface area contributed by atoms with Crippen molar-refractivity contribution < 1.29 is 0 Å². The lowest BCUT2D eigenvalue weighted by Crippen LogP contribution is -2.08. The molecule has 0 aliphatic rings. The summed E-state index contributed by atoms with van der Waals surface area (Å²) in [5.74, 6) is 1.35. The Morgan fingerprint density at radius 1 is 0.611 bits per heavy atom. The SMILES string of the molecule is CCCCCCCCCCCCCSC(C)(C)C. The topological polar surface area (TPSA) is 0 Å². The van der Waals surface area contributed by atoms with Crippen LogP contribution >= 0.6 is 11.8 Å². The zero-order chi connectivity index (χ0) is 13.7. The van der Waals surface area contributed by atoms with Crippen LogP contribution in [0.2, 0.25) is 0 Å². The smallest absolute Gasteiger partial charge is 0.00750 e. The summed E-state index contributed by atoms with van der Waals surface area (Å²) < 4.78 is 0.457. The van der Waals surface area contributed by atoms with E-state index in [4.69, 9.17) is 0 Å². The minimum Gasteiger partial charge on any atom is -0.156 e. The van der Waals surface area contributed by atoms with E-state index in [2.05, 4.69) is 39.5 Å². The third-order valence-corrected chi connectivity index (χ3v) is 4.64. The Balaban J connectivity index is 2.99. The average Bonchev–Trinajstić information content (AvgIpc) is 2.29. The van der Waals surface area contributed by atoms with E-state index in [0.29, 0.717) is 4.75 Å². The fourth-order valence-electron chi connectivity index (χ4n) is 2.14. The maximum Gasteiger partial charge on any atom is 0.00750 e. The molecule has 0 aromatic carbocycles. The molecule has 0 unspecified atom stereocenters. The van der Waals surface area contributed by atoms with E-state index in [0.717, 1.165) is 0 Å². The molecule has 0 bridgehead atoms. The van der Waals surface area contributed by atoms with Gasteiger partial charge in [0.05, 0.1) is 0 Å². The van der Waals surface area contributed by atoms with E-state index < -0.39 is 0 Å². The number of hydrogen-bond acceptors (Lipinski definition) is 1. The highest BCUT2D eigenvalue weighted by Gasteiger charge is 2.08. The maximum atomic E-state index is 2.32. The van der Waals surface area contributed by atoms with Gasteiger partial charge in [0.2, 0.25) is 0 Å². The largest absolute Gasteiger partial charge is 0.156 e. The van der Waals surface area contributed by atoms with Crippen LogP contribution in [0.3, 0.4) is 0 Å². The van der Waals surface area contributed by atoms with Gasteiger partial charge in [-0.3, -0.25) is 0 Å². The summed E-state index contributed by atoms with van der Waals surface area (Å²) in [6.45, 7) is 9.24. The van der Waals surface area contributed by atoms with Crippen molar-refractivity contribution in [3.63, 3.8) is 0 Å². The lowest BCUT2D eigenvalue weighted by Gasteiger charge is -2.17. The summed E-state index contributed by atoms with van der Waals surface area (Å²) in [7, 11) is 0. The van der Waals surface area contributed by atoms with Crippen LogP contribution in [-0.4, -0.2) is 10.5 Å². The van der Waals surface area contributed by atoms with Crippen molar-refractivity contribution in [2.24, 2.45) is 0 Å². The number of unbranched alkanes of at least 4 members (excludes halogenated alkanes) is 10. The lowest BCUT2D eigenvalue weighted by atomic mass is 10.1. The summed E-state index contributed by atoms with van der Waals surface area (Å²) >= 11 is 2.11. The molecule has 0 aliphatic carbocycles. The maximum absolute atomic E-state index is 2.32. The molecule has 18 heavy (non-hydrogen) atoms. The van der Waals surface area contributed by atoms with Crippen LogP contribution in [0.1, 0.15) is 98.3 Å². The van der Waals surface area contributed by atoms with Crippen LogP contribution < -0.4 is 0 Å². The van der Waals surface area contributed by atoms with Crippen molar-refractivity contribution in [2.45, 2.75) is 103 Å². The van der Waals surface area contributed by atoms with E-state index in [1.165, 1.54) is 76.4 Å². The van der Waals surface area contributed by atoms with Crippen molar-refractivity contribution in [2.75, 3.05) is 5.75 Å². The number of hydrogen-bond donors (Lipinski definition) is 0. The van der Waals surface area contributed by atoms with E-state index in [1.807, 2.05) is 0 Å². The summed E-state index contributed by atoms with van der Waals surface area (Å²) in [6.07, 6.45) is 15.9. The Labute approximate surface area is 121 Å². The first-order valence-corrected chi connectivity index (χ1v) is 9.19. The van der Waals surface area contributed by atoms with E-state index >= 15 is 0 Å². The fraction of sp³-hybridized carbons (Fsp3) is 1.00. The van der Waals surface area contributed by atoms with Crippen LogP contribution in [0.5, 0.6) is 0 Å². The summed E-state index contributed by atoms with van der Waals surface area (Å²) in [4.78, 5) is 0. The molecule has 110 valence electrons. The molecule has 0 amide bonds. The highest BCUT2D eigenvalue weighted by Crippen LogP contribution is 2.24. The van der Waals surface area contributed by atoms with Gasteiger partial charge >= 0.3 is 0 Å². The Morgan fingerprint density at radius 3 is 1.39 bits per heavy atom. The zero-order valence-electron chi connectivity index (χ0n) is 13.4. The third-order valence-electron chi connectivity index (χ3n) is 3.28. The molecule has 0 aliphatic heterocycles. The zero-order valence-corrected chi connectivity index (χ0v) is 14.2. The van der Waals surface area contributed by atoms with Crippen LogP contribution in [0.25, 0.3) is 0 Å². The van der Waals surface area contributed by atoms with Gasteiger partial charge in [0.15, 0.2) is 0 Å². The molecular formula is C17H36S. The number of thioether (sulfide) groups is 1. The molecule has 0 N–H and O–H groups in total. The first-order chi connectivity index (χ1) is 8.56. The highest BCUT2D eigenvalue weighted by atomic mass is 32.2. The van der Waals surface area contributed by atoms with Gasteiger partial charge < -0.3 is 0 Å². The van der Waals surface area contributed by atoms with E-state index in [1.54, 1.807) is 0 Å². The van der Waals surface area contributed by atoms with Crippen LogP contribution in [0, 0.1) is 0 Å². The second-order valence-electron chi connectivity index (χ2n) is 6.50. The highest BCUT2D eigenvalue weighted by molar-refractivity contribution is 8.00. The van der Waals surface area contributed by atoms with Gasteiger partial charge in [-0.1, -0.05) is 91.9 Å². The Hall–Kier alpha value is 0.350. The van der Waals surface area contributed by atoms with Gasteiger partial charge in [-0.05, 0) is 12.2 Å². The molecule has 0 saturated carbocycles. The molecule has 0 aromatic rings. The Kier molecular flexibility index (Phi) is 12.6. The molecule has 0 aromatic heterocycles. The van der Waals surface area contributed by atoms with Crippen LogP contribution in [0.15, 0.2) is 0 Å². The van der Waals surface area contributed by atoms with Gasteiger partial charge in [-0.25, -0.2) is 0 Å². The molecule has 0 nitrogen and oxygen atoms in total. The second-order valence-corrected chi connectivity index (χ2v) is 8.42. The quantitative estimate of drug-likeness (QED) is 0.351. The van der Waals surface area contributed by atoms with Crippen molar-refractivity contribution in [1.29, 1.82) is 0 Å². The molecular weight excluding hydrogens is 236 g/mol. The average molecular weight is 273 g/mol. The summed E-state index contributed by atoms with van der Waals surface area (Å²) in [5, 5.41) is 0. The third kappa shape index (κ3) is 16.4. The molecule has 1 heteroatoms. The van der Waals surface area contributed by atoms with Crippen molar-refractivity contribution in [3.8, 4) is 0 Å². The predicted molar refractivity (Wildman–Crippen MR) is 88.7 cm³/mol. The van der Waals surface area contributed by atoms with Crippen molar-refractivity contribution >= 4 is 11.8 Å². The summed E-state index contributed by atoms with van der Waals surface area (Å²) in [6, 6.07) is 0. The molecule has 0 radical (unpaired) electrons. The van der Waals surface area contributed by atoms with Crippen molar-refractivity contribution in [3.05, 3.63) is 0 Å². The molecule has 0 heterocycles. The fourth-order valence-corrected chi connectivity index (χ4v) is 3.11. The molecule has 0 atom stereocenters. The Bertz CT molecular complexity index is 157. The first kappa shape index (κ1) is 18.4. The molecule has 0 spiro atoms. The Morgan fingerprint density at radius 2 is 1.00 bits per heavy atom. The molecule has 0 fully saturated rings. The lowest BCUT2D eigenvalue weighted by molar-refractivity contribution is 0.555. The standard InChI is InChI=1S/C17H36S/c1-5-6-7-8-9-10-11-12-13-14-15-16-18-17(2,3)4/h5-16H2,1-4H3. The van der Waals surface area contributed by atoms with Gasteiger partial charge in [-0.2, -0.15) is 11.8 Å². The van der Waals surface area contributed by atoms with Crippen LogP contribution in [-0.2, 0) is 0 Å². The van der Waals surface area contributed by atoms with Crippen molar-refractivity contribution in [1.82, 2.24) is 0 Å². The van der Waals surface area contributed by atoms with Gasteiger partial charge in [0.25, 0.3) is 0 Å². The minimum atomic E-state index is 0.457. The monoisotopic (exact) mass is 272 g/mol. The summed E-state index contributed by atoms with van der Waals surface area (Å²) in [5.41, 5.74) is 0. The number of rotatable bonds is 12. The molecule has 0 rings (SSSR count). The van der Waals surface area contributed by atoms with Crippen LogP contribution in [0.4, 0.5) is 0 Å². The van der Waals surface area contributed by atoms with Gasteiger partial charge in [0.1, 0.15) is 0 Å². The van der Waals surface area contributed by atoms with Gasteiger partial charge in [0, 0.05) is 4.75 Å². The first-order valence-electron chi connectivity index (χ1n) is 8.20. The minimum absolute atomic E-state index is 0.457. The molecule has 0 saturated heterocycles. The van der Waals surface area contributed by atoms with Gasteiger partial charge in [-0.15, -0.1) is 0 Å². The van der Waals surface area contributed by atoms with E-state index in [-0.39, 0.29) is 0 Å². The predicted octanol–water partition coefficient (Wildman–Crippen LogP) is 6.83.